The molecule has 0 bridgehead atoms. The number of ether oxygens (including phenoxy) is 1. The molecule has 1 unspecified atom stereocenters. The molecular formula is C15H22N2O2. The lowest BCUT2D eigenvalue weighted by Crippen LogP contribution is -2.36. The number of nitrogens with zero attached hydrogens (tertiary/aromatic N) is 2. The number of hydrogen-bond donors (Lipinski definition) is 1. The molecule has 0 fully saturated rings. The van der Waals surface area contributed by atoms with Gasteiger partial charge in [-0.25, -0.2) is 0 Å². The van der Waals surface area contributed by atoms with Crippen molar-refractivity contribution in [3.63, 3.8) is 0 Å². The fourth-order valence-corrected chi connectivity index (χ4v) is 1.90. The molecule has 0 aliphatic heterocycles. The van der Waals surface area contributed by atoms with Gasteiger partial charge in [0.2, 0.25) is 0 Å². The summed E-state index contributed by atoms with van der Waals surface area (Å²) in [5.41, 5.74) is 1.13. The van der Waals surface area contributed by atoms with Crippen LogP contribution in [0.15, 0.2) is 24.3 Å². The second-order valence-corrected chi connectivity index (χ2v) is 4.67. The van der Waals surface area contributed by atoms with Crippen molar-refractivity contribution in [3.8, 4) is 11.8 Å². The van der Waals surface area contributed by atoms with Crippen molar-refractivity contribution < 1.29 is 9.84 Å². The molecule has 4 heteroatoms. The highest BCUT2D eigenvalue weighted by Crippen LogP contribution is 2.12. The third kappa shape index (κ3) is 6.23. The van der Waals surface area contributed by atoms with E-state index >= 15 is 0 Å². The van der Waals surface area contributed by atoms with Gasteiger partial charge in [0, 0.05) is 6.54 Å². The quantitative estimate of drug-likeness (QED) is 0.728. The van der Waals surface area contributed by atoms with Gasteiger partial charge in [-0.15, -0.1) is 0 Å². The van der Waals surface area contributed by atoms with Gasteiger partial charge in [0.15, 0.2) is 0 Å². The van der Waals surface area contributed by atoms with E-state index in [1.54, 1.807) is 0 Å². The van der Waals surface area contributed by atoms with Crippen LogP contribution in [0.2, 0.25) is 0 Å². The molecule has 0 aliphatic carbocycles. The Morgan fingerprint density at radius 3 is 2.89 bits per heavy atom. The molecule has 1 aromatic carbocycles. The van der Waals surface area contributed by atoms with Crippen molar-refractivity contribution in [1.29, 1.82) is 5.26 Å². The number of nitriles is 1. The minimum atomic E-state index is -0.583. The van der Waals surface area contributed by atoms with E-state index in [2.05, 4.69) is 13.0 Å². The van der Waals surface area contributed by atoms with Crippen LogP contribution in [-0.4, -0.2) is 42.4 Å². The minimum absolute atomic E-state index is 0.245. The summed E-state index contributed by atoms with van der Waals surface area (Å²) in [6.45, 7) is 5.92. The zero-order valence-corrected chi connectivity index (χ0v) is 11.7. The summed E-state index contributed by atoms with van der Waals surface area (Å²) < 4.78 is 5.55. The fourth-order valence-electron chi connectivity index (χ4n) is 1.90. The lowest BCUT2D eigenvalue weighted by Gasteiger charge is -2.22. The van der Waals surface area contributed by atoms with Crippen LogP contribution >= 0.6 is 0 Å². The molecule has 1 aromatic rings. The maximum atomic E-state index is 9.93. The Kier molecular flexibility index (Phi) is 6.94. The monoisotopic (exact) mass is 262 g/mol. The van der Waals surface area contributed by atoms with Crippen molar-refractivity contribution in [2.75, 3.05) is 26.2 Å². The van der Waals surface area contributed by atoms with Gasteiger partial charge >= 0.3 is 0 Å². The Hall–Kier alpha value is -1.57. The molecule has 0 saturated carbocycles. The molecule has 0 heterocycles. The standard InChI is InChI=1S/C15H22N2O2/c1-3-8-17(9-7-16)11-14(18)12-19-15-6-4-5-13(2)10-15/h4-6,10,14,18H,3,8-9,11-12H2,1-2H3. The molecular weight excluding hydrogens is 240 g/mol. The van der Waals surface area contributed by atoms with Gasteiger partial charge < -0.3 is 9.84 Å². The summed E-state index contributed by atoms with van der Waals surface area (Å²) in [6.07, 6.45) is 0.382. The van der Waals surface area contributed by atoms with Crippen LogP contribution in [-0.2, 0) is 0 Å². The summed E-state index contributed by atoms with van der Waals surface area (Å²) >= 11 is 0. The van der Waals surface area contributed by atoms with Crippen LogP contribution < -0.4 is 4.74 Å². The largest absolute Gasteiger partial charge is 0.491 e. The average Bonchev–Trinajstić information content (AvgIpc) is 2.37. The molecule has 1 N–H and O–H groups in total. The van der Waals surface area contributed by atoms with Crippen LogP contribution in [0.1, 0.15) is 18.9 Å². The van der Waals surface area contributed by atoms with Gasteiger partial charge in [-0.2, -0.15) is 5.26 Å². The maximum absolute atomic E-state index is 9.93. The molecule has 0 saturated heterocycles. The Labute approximate surface area is 115 Å². The minimum Gasteiger partial charge on any atom is -0.491 e. The Morgan fingerprint density at radius 2 is 2.26 bits per heavy atom. The molecule has 0 radical (unpaired) electrons. The number of aliphatic hydroxyl groups excluding tert-OH is 1. The SMILES string of the molecule is CCCN(CC#N)CC(O)COc1cccc(C)c1. The summed E-state index contributed by atoms with van der Waals surface area (Å²) in [4.78, 5) is 1.93. The van der Waals surface area contributed by atoms with Crippen molar-refractivity contribution in [2.45, 2.75) is 26.4 Å². The first kappa shape index (κ1) is 15.5. The highest BCUT2D eigenvalue weighted by Gasteiger charge is 2.11. The van der Waals surface area contributed by atoms with Crippen molar-refractivity contribution >= 4 is 0 Å². The zero-order chi connectivity index (χ0) is 14.1. The first-order chi connectivity index (χ1) is 9.15. The van der Waals surface area contributed by atoms with Crippen LogP contribution in [0.25, 0.3) is 0 Å². The Balaban J connectivity index is 2.38. The smallest absolute Gasteiger partial charge is 0.119 e. The molecule has 0 amide bonds. The predicted octanol–water partition coefficient (Wildman–Crippen LogP) is 1.97. The van der Waals surface area contributed by atoms with Gasteiger partial charge in [0.25, 0.3) is 0 Å². The van der Waals surface area contributed by atoms with Gasteiger partial charge in [0.05, 0.1) is 12.6 Å². The highest BCUT2D eigenvalue weighted by atomic mass is 16.5. The van der Waals surface area contributed by atoms with Gasteiger partial charge in [-0.1, -0.05) is 19.1 Å². The molecule has 1 rings (SSSR count). The van der Waals surface area contributed by atoms with E-state index < -0.39 is 6.10 Å². The van der Waals surface area contributed by atoms with E-state index in [0.717, 1.165) is 24.3 Å². The second-order valence-electron chi connectivity index (χ2n) is 4.67. The number of aryl methyl sites for hydroxylation is 1. The predicted molar refractivity (Wildman–Crippen MR) is 75.0 cm³/mol. The van der Waals surface area contributed by atoms with Gasteiger partial charge in [-0.3, -0.25) is 4.90 Å². The second kappa shape index (κ2) is 8.52. The van der Waals surface area contributed by atoms with Crippen LogP contribution in [0, 0.1) is 18.3 Å². The third-order valence-corrected chi connectivity index (χ3v) is 2.74. The van der Waals surface area contributed by atoms with Gasteiger partial charge in [0.1, 0.15) is 18.5 Å². The first-order valence-electron chi connectivity index (χ1n) is 6.62. The summed E-state index contributed by atoms with van der Waals surface area (Å²) in [6, 6.07) is 9.85. The van der Waals surface area contributed by atoms with Crippen molar-refractivity contribution in [3.05, 3.63) is 29.8 Å². The van der Waals surface area contributed by atoms with Gasteiger partial charge in [-0.05, 0) is 37.6 Å². The molecule has 0 aliphatic rings. The zero-order valence-electron chi connectivity index (χ0n) is 11.7. The number of hydrogen-bond acceptors (Lipinski definition) is 4. The molecule has 1 atom stereocenters. The molecule has 0 aromatic heterocycles. The van der Waals surface area contributed by atoms with E-state index in [0.29, 0.717) is 13.1 Å². The van der Waals surface area contributed by atoms with E-state index in [-0.39, 0.29) is 6.61 Å². The van der Waals surface area contributed by atoms with E-state index in [1.807, 2.05) is 36.1 Å². The van der Waals surface area contributed by atoms with Crippen molar-refractivity contribution in [1.82, 2.24) is 4.90 Å². The lowest BCUT2D eigenvalue weighted by molar-refractivity contribution is 0.0724. The fraction of sp³-hybridized carbons (Fsp3) is 0.533. The average molecular weight is 262 g/mol. The maximum Gasteiger partial charge on any atom is 0.119 e. The molecule has 19 heavy (non-hydrogen) atoms. The van der Waals surface area contributed by atoms with Crippen LogP contribution in [0.4, 0.5) is 0 Å². The summed E-state index contributed by atoms with van der Waals surface area (Å²) in [5.74, 6) is 0.765. The van der Waals surface area contributed by atoms with Crippen LogP contribution in [0.5, 0.6) is 5.75 Å². The molecule has 4 nitrogen and oxygen atoms in total. The number of benzene rings is 1. The van der Waals surface area contributed by atoms with Crippen LogP contribution in [0.3, 0.4) is 0 Å². The van der Waals surface area contributed by atoms with Crippen molar-refractivity contribution in [2.24, 2.45) is 0 Å². The molecule has 0 spiro atoms. The lowest BCUT2D eigenvalue weighted by atomic mass is 10.2. The normalized spacial score (nSPS) is 12.2. The highest BCUT2D eigenvalue weighted by molar-refractivity contribution is 5.27. The number of aliphatic hydroxyl groups is 1. The Bertz CT molecular complexity index is 415. The topological polar surface area (TPSA) is 56.5 Å². The van der Waals surface area contributed by atoms with E-state index in [9.17, 15) is 5.11 Å². The van der Waals surface area contributed by atoms with E-state index in [4.69, 9.17) is 10.00 Å². The Morgan fingerprint density at radius 1 is 1.47 bits per heavy atom. The van der Waals surface area contributed by atoms with E-state index in [1.165, 1.54) is 0 Å². The summed E-state index contributed by atoms with van der Waals surface area (Å²) in [7, 11) is 0. The summed E-state index contributed by atoms with van der Waals surface area (Å²) in [5, 5.41) is 18.6. The first-order valence-corrected chi connectivity index (χ1v) is 6.62. The third-order valence-electron chi connectivity index (χ3n) is 2.74. The number of rotatable bonds is 8. The molecule has 104 valence electrons.